The first-order valence-electron chi connectivity index (χ1n) is 7.67. The van der Waals surface area contributed by atoms with E-state index in [1.165, 1.54) is 5.56 Å². The summed E-state index contributed by atoms with van der Waals surface area (Å²) in [6, 6.07) is 20.6. The lowest BCUT2D eigenvalue weighted by molar-refractivity contribution is 1.47. The zero-order valence-electron chi connectivity index (χ0n) is 13.1. The highest BCUT2D eigenvalue weighted by Crippen LogP contribution is 2.33. The second-order valence-corrected chi connectivity index (χ2v) is 7.03. The molecule has 23 heavy (non-hydrogen) atoms. The number of benzene rings is 3. The van der Waals surface area contributed by atoms with Gasteiger partial charge in [-0.15, -0.1) is 11.3 Å². The van der Waals surface area contributed by atoms with Crippen LogP contribution in [0.1, 0.15) is 11.1 Å². The van der Waals surface area contributed by atoms with Crippen molar-refractivity contribution in [3.05, 3.63) is 82.0 Å². The van der Waals surface area contributed by atoms with E-state index in [-0.39, 0.29) is 5.43 Å². The van der Waals surface area contributed by atoms with Crippen LogP contribution in [0.3, 0.4) is 0 Å². The lowest BCUT2D eigenvalue weighted by Gasteiger charge is -2.08. The molecule has 0 unspecified atom stereocenters. The fraction of sp³-hybridized carbons (Fsp3) is 0.0952. The van der Waals surface area contributed by atoms with Crippen LogP contribution < -0.4 is 5.43 Å². The van der Waals surface area contributed by atoms with Crippen LogP contribution in [0.4, 0.5) is 0 Å². The van der Waals surface area contributed by atoms with Gasteiger partial charge in [0.2, 0.25) is 0 Å². The van der Waals surface area contributed by atoms with Crippen LogP contribution in [-0.2, 0) is 0 Å². The lowest BCUT2D eigenvalue weighted by Crippen LogP contribution is -2.01. The van der Waals surface area contributed by atoms with Crippen LogP contribution in [-0.4, -0.2) is 0 Å². The molecule has 112 valence electrons. The Labute approximate surface area is 138 Å². The molecule has 3 aromatic carbocycles. The molecule has 0 N–H and O–H groups in total. The molecule has 1 heterocycles. The predicted molar refractivity (Wildman–Crippen MR) is 101 cm³/mol. The molecule has 1 aromatic heterocycles. The molecule has 0 atom stereocenters. The van der Waals surface area contributed by atoms with Gasteiger partial charge in [-0.1, -0.05) is 53.6 Å². The SMILES string of the molecule is Cc1ccc(-c2cccc3c(=O)c4cc(C)ccc4sc23)cc1. The van der Waals surface area contributed by atoms with Gasteiger partial charge in [-0.25, -0.2) is 0 Å². The van der Waals surface area contributed by atoms with Crippen molar-refractivity contribution in [3.63, 3.8) is 0 Å². The molecular weight excluding hydrogens is 300 g/mol. The van der Waals surface area contributed by atoms with Crippen LogP contribution in [0.15, 0.2) is 65.5 Å². The molecule has 4 rings (SSSR count). The average molecular weight is 316 g/mol. The van der Waals surface area contributed by atoms with E-state index in [0.717, 1.165) is 36.9 Å². The van der Waals surface area contributed by atoms with Crippen molar-refractivity contribution >= 4 is 31.5 Å². The first-order chi connectivity index (χ1) is 11.1. The summed E-state index contributed by atoms with van der Waals surface area (Å²) in [5, 5.41) is 1.63. The fourth-order valence-corrected chi connectivity index (χ4v) is 4.14. The van der Waals surface area contributed by atoms with Crippen LogP contribution >= 0.6 is 11.3 Å². The lowest BCUT2D eigenvalue weighted by atomic mass is 10.0. The highest BCUT2D eigenvalue weighted by atomic mass is 32.1. The van der Waals surface area contributed by atoms with E-state index in [1.54, 1.807) is 11.3 Å². The summed E-state index contributed by atoms with van der Waals surface area (Å²) in [4.78, 5) is 12.9. The van der Waals surface area contributed by atoms with Crippen molar-refractivity contribution in [1.29, 1.82) is 0 Å². The van der Waals surface area contributed by atoms with Gasteiger partial charge in [0.15, 0.2) is 5.43 Å². The maximum absolute atomic E-state index is 12.9. The molecule has 0 radical (unpaired) electrons. The van der Waals surface area contributed by atoms with Crippen molar-refractivity contribution in [3.8, 4) is 11.1 Å². The Morgan fingerprint density at radius 2 is 1.52 bits per heavy atom. The maximum Gasteiger partial charge on any atom is 0.195 e. The molecular formula is C21H16OS. The summed E-state index contributed by atoms with van der Waals surface area (Å²) in [6.45, 7) is 4.11. The Bertz CT molecular complexity index is 1090. The van der Waals surface area contributed by atoms with Gasteiger partial charge >= 0.3 is 0 Å². The van der Waals surface area contributed by atoms with Gasteiger partial charge in [-0.3, -0.25) is 4.79 Å². The first-order valence-corrected chi connectivity index (χ1v) is 8.48. The standard InChI is InChI=1S/C21H16OS/c1-13-6-9-15(10-7-13)16-4-3-5-17-20(22)18-12-14(2)8-11-19(18)23-21(16)17/h3-12H,1-2H3. The molecule has 0 saturated heterocycles. The Kier molecular flexibility index (Phi) is 3.28. The number of rotatable bonds is 1. The van der Waals surface area contributed by atoms with Crippen molar-refractivity contribution < 1.29 is 0 Å². The van der Waals surface area contributed by atoms with Gasteiger partial charge in [0.1, 0.15) is 0 Å². The Morgan fingerprint density at radius 3 is 2.30 bits per heavy atom. The smallest absolute Gasteiger partial charge is 0.195 e. The zero-order chi connectivity index (χ0) is 16.0. The summed E-state index contributed by atoms with van der Waals surface area (Å²) >= 11 is 1.70. The average Bonchev–Trinajstić information content (AvgIpc) is 2.56. The van der Waals surface area contributed by atoms with Gasteiger partial charge in [0.25, 0.3) is 0 Å². The van der Waals surface area contributed by atoms with E-state index in [1.807, 2.05) is 25.1 Å². The minimum atomic E-state index is 0.131. The molecule has 0 aliphatic rings. The zero-order valence-corrected chi connectivity index (χ0v) is 13.9. The minimum Gasteiger partial charge on any atom is -0.289 e. The third kappa shape index (κ3) is 2.36. The highest BCUT2D eigenvalue weighted by molar-refractivity contribution is 7.25. The quantitative estimate of drug-likeness (QED) is 0.412. The summed E-state index contributed by atoms with van der Waals surface area (Å²) in [5.41, 5.74) is 4.78. The van der Waals surface area contributed by atoms with Crippen molar-refractivity contribution in [2.75, 3.05) is 0 Å². The van der Waals surface area contributed by atoms with E-state index in [2.05, 4.69) is 49.4 Å². The van der Waals surface area contributed by atoms with Crippen LogP contribution in [0.25, 0.3) is 31.3 Å². The summed E-state index contributed by atoms with van der Waals surface area (Å²) < 4.78 is 2.12. The summed E-state index contributed by atoms with van der Waals surface area (Å²) in [6.07, 6.45) is 0. The van der Waals surface area contributed by atoms with Gasteiger partial charge in [-0.05, 0) is 43.2 Å². The van der Waals surface area contributed by atoms with E-state index >= 15 is 0 Å². The normalized spacial score (nSPS) is 11.2. The number of fused-ring (bicyclic) bond motifs is 2. The van der Waals surface area contributed by atoms with Gasteiger partial charge in [0, 0.05) is 20.2 Å². The molecule has 2 heteroatoms. The molecule has 0 fully saturated rings. The Hall–Kier alpha value is -2.45. The molecule has 4 aromatic rings. The third-order valence-corrected chi connectivity index (χ3v) is 5.43. The van der Waals surface area contributed by atoms with Crippen LogP contribution in [0, 0.1) is 13.8 Å². The predicted octanol–water partition coefficient (Wildman–Crippen LogP) is 5.70. The largest absolute Gasteiger partial charge is 0.289 e. The molecule has 0 aliphatic heterocycles. The topological polar surface area (TPSA) is 17.1 Å². The number of hydrogen-bond acceptors (Lipinski definition) is 2. The Morgan fingerprint density at radius 1 is 0.783 bits per heavy atom. The monoisotopic (exact) mass is 316 g/mol. The van der Waals surface area contributed by atoms with E-state index < -0.39 is 0 Å². The second-order valence-electron chi connectivity index (χ2n) is 5.98. The Balaban J connectivity index is 2.11. The maximum atomic E-state index is 12.9. The summed E-state index contributed by atoms with van der Waals surface area (Å²) in [7, 11) is 0. The highest BCUT2D eigenvalue weighted by Gasteiger charge is 2.10. The number of hydrogen-bond donors (Lipinski definition) is 0. The van der Waals surface area contributed by atoms with Crippen molar-refractivity contribution in [2.45, 2.75) is 13.8 Å². The van der Waals surface area contributed by atoms with Gasteiger partial charge in [-0.2, -0.15) is 0 Å². The van der Waals surface area contributed by atoms with Crippen LogP contribution in [0.2, 0.25) is 0 Å². The second kappa shape index (κ2) is 5.32. The van der Waals surface area contributed by atoms with Crippen LogP contribution in [0.5, 0.6) is 0 Å². The molecule has 0 saturated carbocycles. The summed E-state index contributed by atoms with van der Waals surface area (Å²) in [5.74, 6) is 0. The third-order valence-electron chi connectivity index (χ3n) is 4.21. The van der Waals surface area contributed by atoms with Crippen molar-refractivity contribution in [2.24, 2.45) is 0 Å². The molecule has 0 bridgehead atoms. The van der Waals surface area contributed by atoms with E-state index in [0.29, 0.717) is 0 Å². The number of aryl methyl sites for hydroxylation is 2. The fourth-order valence-electron chi connectivity index (χ4n) is 2.95. The van der Waals surface area contributed by atoms with Crippen molar-refractivity contribution in [1.82, 2.24) is 0 Å². The van der Waals surface area contributed by atoms with E-state index in [4.69, 9.17) is 0 Å². The first kappa shape index (κ1) is 14.2. The van der Waals surface area contributed by atoms with Gasteiger partial charge in [0.05, 0.1) is 0 Å². The van der Waals surface area contributed by atoms with E-state index in [9.17, 15) is 4.79 Å². The molecule has 0 spiro atoms. The molecule has 1 nitrogen and oxygen atoms in total. The molecule has 0 aliphatic carbocycles. The molecule has 0 amide bonds. The van der Waals surface area contributed by atoms with Gasteiger partial charge < -0.3 is 0 Å². The minimum absolute atomic E-state index is 0.131.